The fourth-order valence-electron chi connectivity index (χ4n) is 3.15. The molecule has 1 saturated heterocycles. The molecule has 114 valence electrons. The van der Waals surface area contributed by atoms with Crippen molar-refractivity contribution in [2.75, 3.05) is 11.5 Å². The Balaban J connectivity index is 2.09. The topological polar surface area (TPSA) is 89.3 Å². The molecule has 1 amide bonds. The maximum Gasteiger partial charge on any atom is 0.233 e. The average molecular weight is 318 g/mol. The minimum Gasteiger partial charge on any atom is -0.392 e. The molecular weight excluding hydrogens is 296 g/mol. The molecule has 5 nitrogen and oxygen atoms in total. The molecule has 1 unspecified atom stereocenters. The van der Waals surface area contributed by atoms with Gasteiger partial charge in [-0.1, -0.05) is 37.9 Å². The third-order valence-corrected chi connectivity index (χ3v) is 6.59. The van der Waals surface area contributed by atoms with Gasteiger partial charge in [0.25, 0.3) is 0 Å². The van der Waals surface area contributed by atoms with E-state index in [1.165, 1.54) is 0 Å². The zero-order valence-electron chi connectivity index (χ0n) is 11.6. The molecule has 3 N–H and O–H groups in total. The minimum absolute atomic E-state index is 0.0339. The van der Waals surface area contributed by atoms with E-state index in [9.17, 15) is 13.2 Å². The molecule has 1 saturated carbocycles. The predicted molar refractivity (Wildman–Crippen MR) is 82.1 cm³/mol. The Kier molecular flexibility index (Phi) is 4.69. The van der Waals surface area contributed by atoms with Crippen molar-refractivity contribution in [2.24, 2.45) is 11.1 Å². The van der Waals surface area contributed by atoms with Crippen LogP contribution in [0.2, 0.25) is 0 Å². The number of nitrogens with two attached hydrogens (primary N) is 1. The summed E-state index contributed by atoms with van der Waals surface area (Å²) >= 11 is 5.15. The number of hydrogen-bond acceptors (Lipinski definition) is 4. The van der Waals surface area contributed by atoms with Crippen molar-refractivity contribution in [3.8, 4) is 0 Å². The molecule has 0 bridgehead atoms. The van der Waals surface area contributed by atoms with Gasteiger partial charge in [0.05, 0.1) is 21.9 Å². The molecule has 1 aliphatic heterocycles. The Morgan fingerprint density at radius 1 is 1.20 bits per heavy atom. The summed E-state index contributed by atoms with van der Waals surface area (Å²) in [5.74, 6) is 0.0125. The molecule has 1 atom stereocenters. The van der Waals surface area contributed by atoms with E-state index in [1.54, 1.807) is 0 Å². The first-order chi connectivity index (χ1) is 9.36. The molecule has 1 heterocycles. The third-order valence-electron chi connectivity index (χ3n) is 4.43. The second-order valence-corrected chi connectivity index (χ2v) is 8.60. The van der Waals surface area contributed by atoms with E-state index in [-0.39, 0.29) is 28.4 Å². The lowest BCUT2D eigenvalue weighted by Gasteiger charge is -2.31. The third kappa shape index (κ3) is 3.31. The van der Waals surface area contributed by atoms with E-state index >= 15 is 0 Å². The van der Waals surface area contributed by atoms with Crippen molar-refractivity contribution in [3.63, 3.8) is 0 Å². The van der Waals surface area contributed by atoms with Gasteiger partial charge in [-0.25, -0.2) is 8.42 Å². The van der Waals surface area contributed by atoms with Crippen LogP contribution in [0.4, 0.5) is 0 Å². The summed E-state index contributed by atoms with van der Waals surface area (Å²) in [6, 6.07) is -0.290. The molecule has 0 aromatic heterocycles. The molecular formula is C13H22N2O3S2. The highest BCUT2D eigenvalue weighted by atomic mass is 32.2. The van der Waals surface area contributed by atoms with E-state index in [2.05, 4.69) is 5.32 Å². The molecule has 20 heavy (non-hydrogen) atoms. The van der Waals surface area contributed by atoms with Crippen molar-refractivity contribution >= 4 is 33.0 Å². The van der Waals surface area contributed by atoms with Crippen LogP contribution in [-0.2, 0) is 14.6 Å². The van der Waals surface area contributed by atoms with Gasteiger partial charge < -0.3 is 11.1 Å². The molecule has 1 aliphatic carbocycles. The molecule has 7 heteroatoms. The maximum absolute atomic E-state index is 12.6. The monoisotopic (exact) mass is 318 g/mol. The Morgan fingerprint density at radius 2 is 1.80 bits per heavy atom. The van der Waals surface area contributed by atoms with Gasteiger partial charge in [0.15, 0.2) is 9.84 Å². The van der Waals surface area contributed by atoms with E-state index in [1.807, 2.05) is 0 Å². The lowest BCUT2D eigenvalue weighted by Crippen LogP contribution is -2.51. The first-order valence-electron chi connectivity index (χ1n) is 7.17. The number of hydrogen-bond donors (Lipinski definition) is 2. The average Bonchev–Trinajstić information content (AvgIpc) is 2.60. The van der Waals surface area contributed by atoms with Crippen LogP contribution >= 0.6 is 12.2 Å². The number of nitrogens with one attached hydrogen (secondary N) is 1. The van der Waals surface area contributed by atoms with Crippen LogP contribution in [0.25, 0.3) is 0 Å². The summed E-state index contributed by atoms with van der Waals surface area (Å²) in [7, 11) is -3.00. The Bertz CT molecular complexity index is 494. The van der Waals surface area contributed by atoms with E-state index in [0.717, 1.165) is 25.7 Å². The number of amides is 1. The van der Waals surface area contributed by atoms with Gasteiger partial charge in [0.1, 0.15) is 0 Å². The second-order valence-electron chi connectivity index (χ2n) is 5.93. The summed E-state index contributed by atoms with van der Waals surface area (Å²) in [4.78, 5) is 12.9. The van der Waals surface area contributed by atoms with E-state index < -0.39 is 15.3 Å². The molecule has 2 fully saturated rings. The van der Waals surface area contributed by atoms with Gasteiger partial charge in [0.2, 0.25) is 5.91 Å². The minimum atomic E-state index is -3.00. The van der Waals surface area contributed by atoms with Gasteiger partial charge in [-0.3, -0.25) is 4.79 Å². The Hall–Kier alpha value is -0.690. The summed E-state index contributed by atoms with van der Waals surface area (Å²) in [5.41, 5.74) is 5.07. The number of carbonyl (C=O) groups excluding carboxylic acids is 1. The van der Waals surface area contributed by atoms with Gasteiger partial charge in [-0.15, -0.1) is 0 Å². The zero-order chi connectivity index (χ0) is 14.8. The quantitative estimate of drug-likeness (QED) is 0.596. The van der Waals surface area contributed by atoms with Crippen LogP contribution in [0.5, 0.6) is 0 Å². The van der Waals surface area contributed by atoms with Crippen LogP contribution in [0.15, 0.2) is 0 Å². The number of carbonyl (C=O) groups is 1. The number of sulfone groups is 1. The summed E-state index contributed by atoms with van der Waals surface area (Å²) < 4.78 is 22.9. The molecule has 0 spiro atoms. The highest BCUT2D eigenvalue weighted by molar-refractivity contribution is 7.91. The Morgan fingerprint density at radius 3 is 2.25 bits per heavy atom. The molecule has 0 aromatic carbocycles. The van der Waals surface area contributed by atoms with Gasteiger partial charge in [0, 0.05) is 6.04 Å². The standard InChI is InChI=1S/C13H22N2O3S2/c14-11(19)13(6-3-1-2-4-7-13)12(16)15-10-5-8-20(17,18)9-10/h10H,1-9H2,(H2,14,19)(H,15,16). The molecule has 0 aromatic rings. The van der Waals surface area contributed by atoms with Crippen molar-refractivity contribution in [3.05, 3.63) is 0 Å². The fraction of sp³-hybridized carbons (Fsp3) is 0.846. The van der Waals surface area contributed by atoms with Crippen LogP contribution in [-0.4, -0.2) is 36.9 Å². The normalized spacial score (nSPS) is 28.5. The molecule has 2 aliphatic rings. The van der Waals surface area contributed by atoms with Crippen molar-refractivity contribution in [2.45, 2.75) is 51.0 Å². The maximum atomic E-state index is 12.6. The van der Waals surface area contributed by atoms with Crippen LogP contribution in [0.1, 0.15) is 44.9 Å². The van der Waals surface area contributed by atoms with Gasteiger partial charge >= 0.3 is 0 Å². The van der Waals surface area contributed by atoms with E-state index in [4.69, 9.17) is 18.0 Å². The van der Waals surface area contributed by atoms with Gasteiger partial charge in [-0.05, 0) is 19.3 Å². The van der Waals surface area contributed by atoms with Crippen LogP contribution in [0.3, 0.4) is 0 Å². The lowest BCUT2D eigenvalue weighted by atomic mass is 9.79. The molecule has 2 rings (SSSR count). The van der Waals surface area contributed by atoms with Crippen molar-refractivity contribution in [1.29, 1.82) is 0 Å². The molecule has 0 radical (unpaired) electrons. The first kappa shape index (κ1) is 15.7. The first-order valence-corrected chi connectivity index (χ1v) is 9.40. The van der Waals surface area contributed by atoms with Crippen molar-refractivity contribution < 1.29 is 13.2 Å². The van der Waals surface area contributed by atoms with Gasteiger partial charge in [-0.2, -0.15) is 0 Å². The number of rotatable bonds is 3. The second kappa shape index (κ2) is 5.97. The highest BCUT2D eigenvalue weighted by Gasteiger charge is 2.43. The predicted octanol–water partition coefficient (Wildman–Crippen LogP) is 0.916. The smallest absolute Gasteiger partial charge is 0.233 e. The zero-order valence-corrected chi connectivity index (χ0v) is 13.2. The summed E-state index contributed by atoms with van der Waals surface area (Å²) in [6.07, 6.45) is 5.90. The van der Waals surface area contributed by atoms with Crippen LogP contribution in [0, 0.1) is 5.41 Å². The lowest BCUT2D eigenvalue weighted by molar-refractivity contribution is -0.128. The summed E-state index contributed by atoms with van der Waals surface area (Å²) in [6.45, 7) is 0. The largest absolute Gasteiger partial charge is 0.392 e. The van der Waals surface area contributed by atoms with Crippen molar-refractivity contribution in [1.82, 2.24) is 5.32 Å². The summed E-state index contributed by atoms with van der Waals surface area (Å²) in [5, 5.41) is 2.87. The SMILES string of the molecule is NC(=S)C1(C(=O)NC2CCS(=O)(=O)C2)CCCCCC1. The van der Waals surface area contributed by atoms with E-state index in [0.29, 0.717) is 19.3 Å². The van der Waals surface area contributed by atoms with Crippen LogP contribution < -0.4 is 11.1 Å². The highest BCUT2D eigenvalue weighted by Crippen LogP contribution is 2.36. The fourth-order valence-corrected chi connectivity index (χ4v) is 5.12. The Labute approximate surface area is 125 Å². The number of thiocarbonyl (C=S) groups is 1.